The molecule has 0 radical (unpaired) electrons. The average molecular weight is 322 g/mol. The number of unbranched alkanes of at least 4 members (excludes halogenated alkanes) is 1. The first-order chi connectivity index (χ1) is 10.6. The van der Waals surface area contributed by atoms with Gasteiger partial charge in [0.1, 0.15) is 0 Å². The Morgan fingerprint density at radius 1 is 1.18 bits per heavy atom. The molecule has 0 spiro atoms. The third-order valence-electron chi connectivity index (χ3n) is 3.59. The summed E-state index contributed by atoms with van der Waals surface area (Å²) in [6, 6.07) is 6.95. The number of aliphatic hydroxyl groups excluding tert-OH is 1. The van der Waals surface area contributed by atoms with E-state index < -0.39 is 10.0 Å². The first kappa shape index (κ1) is 16.9. The van der Waals surface area contributed by atoms with Gasteiger partial charge in [0.15, 0.2) is 0 Å². The highest BCUT2D eigenvalue weighted by atomic mass is 32.2. The van der Waals surface area contributed by atoms with Gasteiger partial charge in [0.05, 0.1) is 4.90 Å². The standard InChI is InChI=1S/C16H22N2O3S/c1-2-3-10-18(11-5-12-19)22(20,21)16-7-4-6-14-13-17-9-8-15(14)16/h4,6-9,13,19H,2-3,5,10-12H2,1H3. The van der Waals surface area contributed by atoms with Crippen molar-refractivity contribution in [1.29, 1.82) is 0 Å². The Bertz CT molecular complexity index is 703. The highest BCUT2D eigenvalue weighted by molar-refractivity contribution is 7.89. The van der Waals surface area contributed by atoms with Crippen LogP contribution in [0.25, 0.3) is 10.8 Å². The monoisotopic (exact) mass is 322 g/mol. The van der Waals surface area contributed by atoms with Crippen molar-refractivity contribution < 1.29 is 13.5 Å². The van der Waals surface area contributed by atoms with Crippen LogP contribution in [-0.4, -0.2) is 42.5 Å². The van der Waals surface area contributed by atoms with Crippen molar-refractivity contribution in [3.05, 3.63) is 36.7 Å². The van der Waals surface area contributed by atoms with Crippen LogP contribution in [0.5, 0.6) is 0 Å². The first-order valence-electron chi connectivity index (χ1n) is 7.55. The average Bonchev–Trinajstić information content (AvgIpc) is 2.54. The third kappa shape index (κ3) is 3.63. The van der Waals surface area contributed by atoms with Crippen molar-refractivity contribution in [2.75, 3.05) is 19.7 Å². The summed E-state index contributed by atoms with van der Waals surface area (Å²) in [5, 5.41) is 10.5. The van der Waals surface area contributed by atoms with Gasteiger partial charge in [-0.25, -0.2) is 8.42 Å². The van der Waals surface area contributed by atoms with Gasteiger partial charge < -0.3 is 5.11 Å². The first-order valence-corrected chi connectivity index (χ1v) is 8.99. The smallest absolute Gasteiger partial charge is 0.243 e. The fraction of sp³-hybridized carbons (Fsp3) is 0.438. The quantitative estimate of drug-likeness (QED) is 0.810. The zero-order valence-electron chi connectivity index (χ0n) is 12.8. The molecule has 0 bridgehead atoms. The molecule has 1 N–H and O–H groups in total. The zero-order chi connectivity index (χ0) is 16.0. The minimum atomic E-state index is -3.58. The SMILES string of the molecule is CCCCN(CCCO)S(=O)(=O)c1cccc2cnccc12. The molecule has 1 aromatic carbocycles. The molecule has 1 heterocycles. The summed E-state index contributed by atoms with van der Waals surface area (Å²) < 4.78 is 27.4. The molecule has 0 amide bonds. The zero-order valence-corrected chi connectivity index (χ0v) is 13.6. The summed E-state index contributed by atoms with van der Waals surface area (Å²) in [6.45, 7) is 2.82. The predicted octanol–water partition coefficient (Wildman–Crippen LogP) is 2.41. The fourth-order valence-corrected chi connectivity index (χ4v) is 4.12. The van der Waals surface area contributed by atoms with E-state index in [1.54, 1.807) is 30.6 Å². The Labute approximate surface area is 131 Å². The van der Waals surface area contributed by atoms with Crippen LogP contribution in [0.4, 0.5) is 0 Å². The summed E-state index contributed by atoms with van der Waals surface area (Å²) in [5.41, 5.74) is 0. The molecule has 0 aliphatic rings. The van der Waals surface area contributed by atoms with Gasteiger partial charge >= 0.3 is 0 Å². The molecule has 2 rings (SSSR count). The molecule has 1 aromatic heterocycles. The van der Waals surface area contributed by atoms with Crippen LogP contribution < -0.4 is 0 Å². The van der Waals surface area contributed by atoms with Crippen LogP contribution in [0.15, 0.2) is 41.6 Å². The second-order valence-electron chi connectivity index (χ2n) is 5.19. The van der Waals surface area contributed by atoms with Crippen molar-refractivity contribution >= 4 is 20.8 Å². The second-order valence-corrected chi connectivity index (χ2v) is 7.09. The largest absolute Gasteiger partial charge is 0.396 e. The molecule has 0 saturated heterocycles. The topological polar surface area (TPSA) is 70.5 Å². The molecule has 22 heavy (non-hydrogen) atoms. The van der Waals surface area contributed by atoms with Crippen LogP contribution in [0, 0.1) is 0 Å². The van der Waals surface area contributed by atoms with Gasteiger partial charge in [-0.3, -0.25) is 4.98 Å². The van der Waals surface area contributed by atoms with Crippen LogP contribution in [0.2, 0.25) is 0 Å². The molecule has 120 valence electrons. The molecule has 0 aliphatic heterocycles. The van der Waals surface area contributed by atoms with Gasteiger partial charge in [-0.05, 0) is 25.0 Å². The number of hydrogen-bond donors (Lipinski definition) is 1. The normalized spacial score (nSPS) is 12.1. The molecular weight excluding hydrogens is 300 g/mol. The fourth-order valence-electron chi connectivity index (χ4n) is 2.39. The van der Waals surface area contributed by atoms with Gasteiger partial charge in [-0.2, -0.15) is 4.31 Å². The van der Waals surface area contributed by atoms with Crippen molar-refractivity contribution in [2.24, 2.45) is 0 Å². The van der Waals surface area contributed by atoms with E-state index in [9.17, 15) is 8.42 Å². The number of hydrogen-bond acceptors (Lipinski definition) is 4. The number of sulfonamides is 1. The molecular formula is C16H22N2O3S. The summed E-state index contributed by atoms with van der Waals surface area (Å²) >= 11 is 0. The molecule has 0 atom stereocenters. The van der Waals surface area contributed by atoms with Gasteiger partial charge in [0, 0.05) is 42.9 Å². The van der Waals surface area contributed by atoms with E-state index >= 15 is 0 Å². The molecule has 6 heteroatoms. The number of benzene rings is 1. The maximum absolute atomic E-state index is 13.0. The van der Waals surface area contributed by atoms with E-state index in [2.05, 4.69) is 4.98 Å². The minimum absolute atomic E-state index is 0.0163. The third-order valence-corrected chi connectivity index (χ3v) is 5.54. The van der Waals surface area contributed by atoms with E-state index in [-0.39, 0.29) is 6.61 Å². The Balaban J connectivity index is 2.44. The van der Waals surface area contributed by atoms with Crippen LogP contribution >= 0.6 is 0 Å². The molecule has 5 nitrogen and oxygen atoms in total. The number of rotatable bonds is 8. The van der Waals surface area contributed by atoms with Crippen LogP contribution in [-0.2, 0) is 10.0 Å². The maximum atomic E-state index is 13.0. The van der Waals surface area contributed by atoms with Crippen LogP contribution in [0.3, 0.4) is 0 Å². The van der Waals surface area contributed by atoms with E-state index in [1.807, 2.05) is 13.0 Å². The summed E-state index contributed by atoms with van der Waals surface area (Å²) in [6.07, 6.45) is 5.43. The molecule has 2 aromatic rings. The molecule has 0 saturated carbocycles. The van der Waals surface area contributed by atoms with E-state index in [4.69, 9.17) is 5.11 Å². The van der Waals surface area contributed by atoms with Gasteiger partial charge in [0.25, 0.3) is 0 Å². The summed E-state index contributed by atoms with van der Waals surface area (Å²) in [5.74, 6) is 0. The lowest BCUT2D eigenvalue weighted by Crippen LogP contribution is -2.33. The van der Waals surface area contributed by atoms with Crippen molar-refractivity contribution in [2.45, 2.75) is 31.1 Å². The van der Waals surface area contributed by atoms with E-state index in [0.717, 1.165) is 18.2 Å². The number of aliphatic hydroxyl groups is 1. The number of aromatic nitrogens is 1. The van der Waals surface area contributed by atoms with Crippen LogP contribution in [0.1, 0.15) is 26.2 Å². The Kier molecular flexibility index (Phi) is 5.88. The Morgan fingerprint density at radius 3 is 2.68 bits per heavy atom. The Morgan fingerprint density at radius 2 is 1.95 bits per heavy atom. The second kappa shape index (κ2) is 7.67. The predicted molar refractivity (Wildman–Crippen MR) is 87.1 cm³/mol. The molecule has 0 unspecified atom stereocenters. The van der Waals surface area contributed by atoms with Crippen molar-refractivity contribution in [3.63, 3.8) is 0 Å². The van der Waals surface area contributed by atoms with Crippen molar-refractivity contribution in [1.82, 2.24) is 9.29 Å². The maximum Gasteiger partial charge on any atom is 0.243 e. The van der Waals surface area contributed by atoms with E-state index in [1.165, 1.54) is 4.31 Å². The summed E-state index contributed by atoms with van der Waals surface area (Å²) in [4.78, 5) is 4.35. The van der Waals surface area contributed by atoms with E-state index in [0.29, 0.717) is 29.8 Å². The highest BCUT2D eigenvalue weighted by Gasteiger charge is 2.25. The Hall–Kier alpha value is -1.50. The number of fused-ring (bicyclic) bond motifs is 1. The van der Waals surface area contributed by atoms with Gasteiger partial charge in [0.2, 0.25) is 10.0 Å². The number of nitrogens with zero attached hydrogens (tertiary/aromatic N) is 2. The minimum Gasteiger partial charge on any atom is -0.396 e. The summed E-state index contributed by atoms with van der Waals surface area (Å²) in [7, 11) is -3.58. The van der Waals surface area contributed by atoms with Gasteiger partial charge in [-0.15, -0.1) is 0 Å². The molecule has 0 aliphatic carbocycles. The lowest BCUT2D eigenvalue weighted by Gasteiger charge is -2.22. The lowest BCUT2D eigenvalue weighted by atomic mass is 10.2. The number of pyridine rings is 1. The van der Waals surface area contributed by atoms with Gasteiger partial charge in [-0.1, -0.05) is 25.5 Å². The molecule has 0 fully saturated rings. The highest BCUT2D eigenvalue weighted by Crippen LogP contribution is 2.25. The lowest BCUT2D eigenvalue weighted by molar-refractivity contribution is 0.268. The van der Waals surface area contributed by atoms with Crippen molar-refractivity contribution in [3.8, 4) is 0 Å².